The topological polar surface area (TPSA) is 57.5 Å². The minimum atomic E-state index is -0.308. The molecular weight excluding hydrogens is 299 g/mol. The Labute approximate surface area is 125 Å². The Kier molecular flexibility index (Phi) is 4.32. The van der Waals surface area contributed by atoms with Crippen molar-refractivity contribution < 1.29 is 15.0 Å². The van der Waals surface area contributed by atoms with Crippen LogP contribution in [0.1, 0.15) is 15.9 Å². The van der Waals surface area contributed by atoms with Crippen molar-refractivity contribution in [2.24, 2.45) is 0 Å². The summed E-state index contributed by atoms with van der Waals surface area (Å²) in [5.41, 5.74) is 0.685. The minimum absolute atomic E-state index is 0.000647. The lowest BCUT2D eigenvalue weighted by Crippen LogP contribution is -1.94. The molecule has 0 amide bonds. The molecule has 0 aromatic heterocycles. The van der Waals surface area contributed by atoms with Crippen LogP contribution in [0.2, 0.25) is 10.0 Å². The van der Waals surface area contributed by atoms with Crippen LogP contribution in [0.3, 0.4) is 0 Å². The maximum absolute atomic E-state index is 12.0. The Morgan fingerprint density at radius 1 is 1.00 bits per heavy atom. The number of hydrogen-bond acceptors (Lipinski definition) is 3. The first-order valence-corrected chi connectivity index (χ1v) is 6.42. The highest BCUT2D eigenvalue weighted by Gasteiger charge is 2.06. The molecule has 0 aliphatic rings. The number of benzene rings is 2. The maximum Gasteiger partial charge on any atom is 0.185 e. The van der Waals surface area contributed by atoms with Crippen molar-refractivity contribution in [3.8, 4) is 11.5 Å². The first-order chi connectivity index (χ1) is 9.45. The number of phenolic OH excluding ortho intramolecular Hbond substituents is 2. The van der Waals surface area contributed by atoms with Crippen LogP contribution in [0, 0.1) is 0 Å². The molecule has 0 heterocycles. The zero-order valence-electron chi connectivity index (χ0n) is 10.2. The molecule has 0 aliphatic heterocycles. The molecule has 0 fully saturated rings. The van der Waals surface area contributed by atoms with Gasteiger partial charge in [0.05, 0.1) is 0 Å². The summed E-state index contributed by atoms with van der Waals surface area (Å²) in [6, 6.07) is 8.58. The number of ketones is 1. The van der Waals surface area contributed by atoms with Gasteiger partial charge in [-0.05, 0) is 48.6 Å². The molecule has 3 nitrogen and oxygen atoms in total. The van der Waals surface area contributed by atoms with E-state index < -0.39 is 0 Å². The Balaban J connectivity index is 2.26. The predicted molar refractivity (Wildman–Crippen MR) is 79.6 cm³/mol. The zero-order chi connectivity index (χ0) is 14.7. The smallest absolute Gasteiger partial charge is 0.185 e. The van der Waals surface area contributed by atoms with Gasteiger partial charge in [-0.3, -0.25) is 4.79 Å². The zero-order valence-corrected chi connectivity index (χ0v) is 11.7. The van der Waals surface area contributed by atoms with Gasteiger partial charge in [0.1, 0.15) is 11.5 Å². The van der Waals surface area contributed by atoms with Crippen molar-refractivity contribution >= 4 is 35.1 Å². The number of hydrogen-bond donors (Lipinski definition) is 2. The van der Waals surface area contributed by atoms with Gasteiger partial charge in [-0.1, -0.05) is 23.2 Å². The lowest BCUT2D eigenvalue weighted by Gasteiger charge is -2.01. The van der Waals surface area contributed by atoms with Crippen molar-refractivity contribution in [1.29, 1.82) is 0 Å². The third kappa shape index (κ3) is 3.53. The number of aromatic hydroxyl groups is 2. The summed E-state index contributed by atoms with van der Waals surface area (Å²) in [4.78, 5) is 12.0. The van der Waals surface area contributed by atoms with Gasteiger partial charge in [0, 0.05) is 21.2 Å². The van der Waals surface area contributed by atoms with Crippen LogP contribution in [-0.2, 0) is 0 Å². The Hall–Kier alpha value is -1.97. The van der Waals surface area contributed by atoms with Crippen molar-refractivity contribution in [1.82, 2.24) is 0 Å². The Morgan fingerprint density at radius 2 is 1.65 bits per heavy atom. The molecule has 0 radical (unpaired) electrons. The molecule has 0 atom stereocenters. The summed E-state index contributed by atoms with van der Waals surface area (Å²) >= 11 is 11.6. The molecule has 2 N–H and O–H groups in total. The molecule has 0 aliphatic carbocycles. The molecule has 20 heavy (non-hydrogen) atoms. The number of rotatable bonds is 3. The van der Waals surface area contributed by atoms with Crippen LogP contribution in [-0.4, -0.2) is 16.0 Å². The monoisotopic (exact) mass is 308 g/mol. The average Bonchev–Trinajstić information content (AvgIpc) is 2.38. The highest BCUT2D eigenvalue weighted by atomic mass is 35.5. The predicted octanol–water partition coefficient (Wildman–Crippen LogP) is 4.30. The lowest BCUT2D eigenvalue weighted by atomic mass is 10.1. The average molecular weight is 309 g/mol. The normalized spacial score (nSPS) is 10.9. The highest BCUT2D eigenvalue weighted by Crippen LogP contribution is 2.24. The second-order valence-electron chi connectivity index (χ2n) is 4.10. The van der Waals surface area contributed by atoms with Gasteiger partial charge in [-0.2, -0.15) is 0 Å². The maximum atomic E-state index is 12.0. The number of carbonyl (C=O) groups excluding carboxylic acids is 1. The van der Waals surface area contributed by atoms with Crippen molar-refractivity contribution in [2.75, 3.05) is 0 Å². The molecule has 2 aromatic carbocycles. The minimum Gasteiger partial charge on any atom is -0.508 e. The number of allylic oxidation sites excluding steroid dienone is 1. The fraction of sp³-hybridized carbons (Fsp3) is 0. The Morgan fingerprint density at radius 3 is 2.30 bits per heavy atom. The lowest BCUT2D eigenvalue weighted by molar-refractivity contribution is 0.104. The van der Waals surface area contributed by atoms with E-state index in [9.17, 15) is 15.0 Å². The van der Waals surface area contributed by atoms with Crippen molar-refractivity contribution in [2.45, 2.75) is 0 Å². The van der Waals surface area contributed by atoms with E-state index in [0.29, 0.717) is 21.2 Å². The first kappa shape index (κ1) is 14.4. The van der Waals surface area contributed by atoms with Gasteiger partial charge in [0.15, 0.2) is 5.78 Å². The van der Waals surface area contributed by atoms with E-state index in [0.717, 1.165) is 0 Å². The third-order valence-corrected chi connectivity index (χ3v) is 3.01. The largest absolute Gasteiger partial charge is 0.508 e. The van der Waals surface area contributed by atoms with E-state index in [-0.39, 0.29) is 17.3 Å². The fourth-order valence-electron chi connectivity index (χ4n) is 1.63. The van der Waals surface area contributed by atoms with Gasteiger partial charge in [0.2, 0.25) is 0 Å². The van der Waals surface area contributed by atoms with E-state index >= 15 is 0 Å². The molecule has 2 aromatic rings. The summed E-state index contributed by atoms with van der Waals surface area (Å²) in [6.45, 7) is 0. The molecule has 0 unspecified atom stereocenters. The molecule has 0 bridgehead atoms. The van der Waals surface area contributed by atoms with E-state index in [1.165, 1.54) is 48.6 Å². The van der Waals surface area contributed by atoms with Crippen LogP contribution in [0.4, 0.5) is 0 Å². The third-order valence-electron chi connectivity index (χ3n) is 2.57. The number of phenols is 2. The van der Waals surface area contributed by atoms with Crippen molar-refractivity contribution in [3.63, 3.8) is 0 Å². The fourth-order valence-corrected chi connectivity index (χ4v) is 2.16. The summed E-state index contributed by atoms with van der Waals surface area (Å²) in [7, 11) is 0. The van der Waals surface area contributed by atoms with E-state index in [1.54, 1.807) is 0 Å². The molecule has 0 spiro atoms. The molecular formula is C15H10Cl2O3. The van der Waals surface area contributed by atoms with E-state index in [4.69, 9.17) is 23.2 Å². The van der Waals surface area contributed by atoms with Crippen LogP contribution in [0.15, 0.2) is 42.5 Å². The molecule has 0 saturated carbocycles. The van der Waals surface area contributed by atoms with E-state index in [1.807, 2.05) is 0 Å². The highest BCUT2D eigenvalue weighted by molar-refractivity contribution is 6.35. The molecule has 102 valence electrons. The van der Waals surface area contributed by atoms with Crippen molar-refractivity contribution in [3.05, 3.63) is 63.6 Å². The Bertz CT molecular complexity index is 673. The SMILES string of the molecule is O=C(/C=C/c1cc(O)ccc1O)c1cc(Cl)cc(Cl)c1. The molecule has 5 heteroatoms. The second kappa shape index (κ2) is 5.99. The standard InChI is InChI=1S/C15H10Cl2O3/c16-11-5-10(6-12(17)8-11)15(20)3-1-9-7-13(18)2-4-14(9)19/h1-8,18-19H/b3-1+. The van der Waals surface area contributed by atoms with Gasteiger partial charge >= 0.3 is 0 Å². The molecule has 0 saturated heterocycles. The van der Waals surface area contributed by atoms with Crippen LogP contribution in [0.25, 0.3) is 6.08 Å². The van der Waals surface area contributed by atoms with Gasteiger partial charge in [-0.15, -0.1) is 0 Å². The van der Waals surface area contributed by atoms with Gasteiger partial charge in [-0.25, -0.2) is 0 Å². The first-order valence-electron chi connectivity index (χ1n) is 5.66. The molecule has 2 rings (SSSR count). The van der Waals surface area contributed by atoms with E-state index in [2.05, 4.69) is 0 Å². The van der Waals surface area contributed by atoms with Gasteiger partial charge in [0.25, 0.3) is 0 Å². The number of halogens is 2. The van der Waals surface area contributed by atoms with Crippen LogP contribution >= 0.6 is 23.2 Å². The summed E-state index contributed by atoms with van der Waals surface area (Å²) in [6.07, 6.45) is 2.68. The van der Waals surface area contributed by atoms with Gasteiger partial charge < -0.3 is 10.2 Å². The second-order valence-corrected chi connectivity index (χ2v) is 4.97. The quantitative estimate of drug-likeness (QED) is 0.505. The summed E-state index contributed by atoms with van der Waals surface area (Å²) < 4.78 is 0. The summed E-state index contributed by atoms with van der Waals surface area (Å²) in [5.74, 6) is -0.339. The van der Waals surface area contributed by atoms with Crippen LogP contribution < -0.4 is 0 Å². The number of carbonyl (C=O) groups is 1. The summed E-state index contributed by atoms with van der Waals surface area (Å²) in [5, 5.41) is 19.7. The van der Waals surface area contributed by atoms with Crippen LogP contribution in [0.5, 0.6) is 11.5 Å².